The number of rotatable bonds is 2. The van der Waals surface area contributed by atoms with Crippen molar-refractivity contribution in [1.29, 1.82) is 5.26 Å². The molecule has 0 bridgehead atoms. The van der Waals surface area contributed by atoms with Gasteiger partial charge in [0, 0.05) is 24.7 Å². The van der Waals surface area contributed by atoms with Gasteiger partial charge in [-0.15, -0.1) is 10.2 Å². The van der Waals surface area contributed by atoms with Crippen LogP contribution in [0, 0.1) is 24.2 Å². The Bertz CT molecular complexity index is 877. The SMILES string of the molecule is Cc1nc(N2CCC3CCN(C)CC32)nnc1-c1ccc(C#N)cc1O. The lowest BCUT2D eigenvalue weighted by atomic mass is 9.92. The maximum absolute atomic E-state index is 10.2. The molecule has 2 aliphatic rings. The van der Waals surface area contributed by atoms with E-state index < -0.39 is 0 Å². The fraction of sp³-hybridized carbons (Fsp3) is 0.474. The van der Waals surface area contributed by atoms with Gasteiger partial charge in [0.1, 0.15) is 11.4 Å². The minimum absolute atomic E-state index is 0.0196. The molecule has 0 spiro atoms. The Morgan fingerprint density at radius 3 is 2.77 bits per heavy atom. The third kappa shape index (κ3) is 2.86. The molecule has 2 atom stereocenters. The third-order valence-electron chi connectivity index (χ3n) is 5.55. The number of likely N-dealkylation sites (N-methyl/N-ethyl adjacent to an activating group) is 1. The Hall–Kier alpha value is -2.72. The van der Waals surface area contributed by atoms with E-state index in [9.17, 15) is 5.11 Å². The lowest BCUT2D eigenvalue weighted by Crippen LogP contribution is -2.47. The van der Waals surface area contributed by atoms with Crippen LogP contribution >= 0.6 is 0 Å². The molecule has 134 valence electrons. The molecular weight excluding hydrogens is 328 g/mol. The van der Waals surface area contributed by atoms with Crippen molar-refractivity contribution in [2.45, 2.75) is 25.8 Å². The number of likely N-dealkylation sites (tertiary alicyclic amines) is 1. The van der Waals surface area contributed by atoms with Crippen molar-refractivity contribution < 1.29 is 5.11 Å². The largest absolute Gasteiger partial charge is 0.507 e. The number of nitrogens with zero attached hydrogens (tertiary/aromatic N) is 6. The van der Waals surface area contributed by atoms with E-state index in [2.05, 4.69) is 32.0 Å². The Kier molecular flexibility index (Phi) is 4.21. The maximum atomic E-state index is 10.2. The molecule has 0 radical (unpaired) electrons. The molecule has 2 unspecified atom stereocenters. The van der Waals surface area contributed by atoms with Crippen LogP contribution in [0.15, 0.2) is 18.2 Å². The number of hydrogen-bond acceptors (Lipinski definition) is 7. The van der Waals surface area contributed by atoms with Gasteiger partial charge >= 0.3 is 0 Å². The third-order valence-corrected chi connectivity index (χ3v) is 5.55. The summed E-state index contributed by atoms with van der Waals surface area (Å²) in [7, 11) is 2.16. The number of hydrogen-bond donors (Lipinski definition) is 1. The lowest BCUT2D eigenvalue weighted by Gasteiger charge is -2.36. The van der Waals surface area contributed by atoms with E-state index in [4.69, 9.17) is 5.26 Å². The lowest BCUT2D eigenvalue weighted by molar-refractivity contribution is 0.207. The number of aryl methyl sites for hydroxylation is 1. The number of aromatic nitrogens is 3. The normalized spacial score (nSPS) is 22.9. The molecule has 2 aromatic rings. The average molecular weight is 350 g/mol. The highest BCUT2D eigenvalue weighted by Crippen LogP contribution is 2.34. The highest BCUT2D eigenvalue weighted by molar-refractivity contribution is 5.69. The van der Waals surface area contributed by atoms with Gasteiger partial charge in [-0.2, -0.15) is 5.26 Å². The minimum atomic E-state index is 0.0196. The van der Waals surface area contributed by atoms with Gasteiger partial charge in [0.05, 0.1) is 17.3 Å². The summed E-state index contributed by atoms with van der Waals surface area (Å²) in [5.41, 5.74) is 2.23. The van der Waals surface area contributed by atoms with Crippen LogP contribution in [0.1, 0.15) is 24.1 Å². The molecule has 26 heavy (non-hydrogen) atoms. The molecule has 1 N–H and O–H groups in total. The molecule has 0 aliphatic carbocycles. The second-order valence-corrected chi connectivity index (χ2v) is 7.25. The summed E-state index contributed by atoms with van der Waals surface area (Å²) in [5, 5.41) is 27.9. The van der Waals surface area contributed by atoms with Crippen molar-refractivity contribution in [2.75, 3.05) is 31.6 Å². The van der Waals surface area contributed by atoms with Gasteiger partial charge in [-0.3, -0.25) is 0 Å². The van der Waals surface area contributed by atoms with Crippen LogP contribution in [0.3, 0.4) is 0 Å². The number of aromatic hydroxyl groups is 1. The van der Waals surface area contributed by atoms with Crippen molar-refractivity contribution in [3.8, 4) is 23.1 Å². The van der Waals surface area contributed by atoms with Gasteiger partial charge in [-0.25, -0.2) is 4.98 Å². The van der Waals surface area contributed by atoms with Crippen LogP contribution in [0.4, 0.5) is 5.95 Å². The number of anilines is 1. The summed E-state index contributed by atoms with van der Waals surface area (Å²) in [6, 6.07) is 7.25. The van der Waals surface area contributed by atoms with Gasteiger partial charge in [-0.1, -0.05) is 0 Å². The summed E-state index contributed by atoms with van der Waals surface area (Å²) in [4.78, 5) is 9.33. The van der Waals surface area contributed by atoms with E-state index in [1.807, 2.05) is 13.0 Å². The first-order valence-corrected chi connectivity index (χ1v) is 8.97. The number of benzene rings is 1. The number of nitriles is 1. The predicted octanol–water partition coefficient (Wildman–Crippen LogP) is 1.95. The van der Waals surface area contributed by atoms with E-state index in [1.165, 1.54) is 18.9 Å². The van der Waals surface area contributed by atoms with Crippen LogP contribution < -0.4 is 4.90 Å². The minimum Gasteiger partial charge on any atom is -0.507 e. The summed E-state index contributed by atoms with van der Waals surface area (Å²) in [5.74, 6) is 1.39. The first-order valence-electron chi connectivity index (χ1n) is 8.97. The molecular formula is C19H22N6O. The number of phenolic OH excluding ortho intramolecular Hbond substituents is 1. The summed E-state index contributed by atoms with van der Waals surface area (Å²) < 4.78 is 0. The van der Waals surface area contributed by atoms with Crippen molar-refractivity contribution in [3.05, 3.63) is 29.5 Å². The molecule has 0 saturated carbocycles. The molecule has 2 saturated heterocycles. The summed E-state index contributed by atoms with van der Waals surface area (Å²) in [6.07, 6.45) is 2.40. The molecule has 3 heterocycles. The first kappa shape index (κ1) is 16.7. The molecule has 2 aliphatic heterocycles. The molecule has 1 aromatic carbocycles. The number of piperidine rings is 1. The fourth-order valence-corrected chi connectivity index (χ4v) is 4.11. The van der Waals surface area contributed by atoms with Crippen LogP contribution in [-0.4, -0.2) is 57.9 Å². The molecule has 1 aromatic heterocycles. The summed E-state index contributed by atoms with van der Waals surface area (Å²) >= 11 is 0. The van der Waals surface area contributed by atoms with Gasteiger partial charge < -0.3 is 14.9 Å². The van der Waals surface area contributed by atoms with Gasteiger partial charge in [-0.05, 0) is 57.5 Å². The fourth-order valence-electron chi connectivity index (χ4n) is 4.11. The van der Waals surface area contributed by atoms with E-state index in [-0.39, 0.29) is 5.75 Å². The highest BCUT2D eigenvalue weighted by Gasteiger charge is 2.38. The smallest absolute Gasteiger partial charge is 0.245 e. The molecule has 0 amide bonds. The van der Waals surface area contributed by atoms with Crippen molar-refractivity contribution in [2.24, 2.45) is 5.92 Å². The molecule has 4 rings (SSSR count). The van der Waals surface area contributed by atoms with Crippen molar-refractivity contribution in [3.63, 3.8) is 0 Å². The van der Waals surface area contributed by atoms with E-state index in [1.54, 1.807) is 12.1 Å². The Morgan fingerprint density at radius 1 is 1.23 bits per heavy atom. The monoisotopic (exact) mass is 350 g/mol. The average Bonchev–Trinajstić information content (AvgIpc) is 3.05. The second-order valence-electron chi connectivity index (χ2n) is 7.25. The van der Waals surface area contributed by atoms with Crippen molar-refractivity contribution >= 4 is 5.95 Å². The second kappa shape index (κ2) is 6.54. The zero-order valence-electron chi connectivity index (χ0n) is 15.1. The predicted molar refractivity (Wildman–Crippen MR) is 97.7 cm³/mol. The van der Waals surface area contributed by atoms with E-state index >= 15 is 0 Å². The maximum Gasteiger partial charge on any atom is 0.245 e. The van der Waals surface area contributed by atoms with Crippen LogP contribution in [0.2, 0.25) is 0 Å². The Balaban J connectivity index is 1.64. The van der Waals surface area contributed by atoms with Crippen LogP contribution in [-0.2, 0) is 0 Å². The Morgan fingerprint density at radius 2 is 2.04 bits per heavy atom. The number of fused-ring (bicyclic) bond motifs is 1. The number of phenols is 1. The molecule has 7 heteroatoms. The first-order chi connectivity index (χ1) is 12.6. The van der Waals surface area contributed by atoms with Gasteiger partial charge in [0.2, 0.25) is 5.95 Å². The van der Waals surface area contributed by atoms with Gasteiger partial charge in [0.25, 0.3) is 0 Å². The Labute approximate surface area is 152 Å². The van der Waals surface area contributed by atoms with Gasteiger partial charge in [0.15, 0.2) is 0 Å². The highest BCUT2D eigenvalue weighted by atomic mass is 16.3. The van der Waals surface area contributed by atoms with Crippen LogP contribution in [0.5, 0.6) is 5.75 Å². The van der Waals surface area contributed by atoms with E-state index in [0.29, 0.717) is 34.7 Å². The topological polar surface area (TPSA) is 89.2 Å². The van der Waals surface area contributed by atoms with Crippen molar-refractivity contribution in [1.82, 2.24) is 20.1 Å². The summed E-state index contributed by atoms with van der Waals surface area (Å²) in [6.45, 7) is 5.03. The van der Waals surface area contributed by atoms with Crippen LogP contribution in [0.25, 0.3) is 11.3 Å². The molecule has 2 fully saturated rings. The molecule has 7 nitrogen and oxygen atoms in total. The standard InChI is InChI=1S/C19H22N6O/c1-12-18(15-4-3-13(10-20)9-17(15)26)22-23-19(21-12)25-8-6-14-5-7-24(2)11-16(14)25/h3-4,9,14,16,26H,5-8,11H2,1-2H3. The zero-order valence-corrected chi connectivity index (χ0v) is 15.1. The zero-order chi connectivity index (χ0) is 18.3. The quantitative estimate of drug-likeness (QED) is 0.885. The van der Waals surface area contributed by atoms with E-state index in [0.717, 1.165) is 25.3 Å².